The second-order valence-corrected chi connectivity index (χ2v) is 5.66. The third-order valence-electron chi connectivity index (χ3n) is 2.48. The fourth-order valence-electron chi connectivity index (χ4n) is 1.63. The highest BCUT2D eigenvalue weighted by atomic mass is 16.6. The molecule has 1 atom stereocenters. The molecule has 1 aromatic rings. The molecule has 7 nitrogen and oxygen atoms in total. The molecule has 0 saturated heterocycles. The van der Waals surface area contributed by atoms with Crippen molar-refractivity contribution in [2.45, 2.75) is 45.8 Å². The Labute approximate surface area is 129 Å². The quantitative estimate of drug-likeness (QED) is 0.805. The predicted octanol–water partition coefficient (Wildman–Crippen LogP) is 1.79. The highest BCUT2D eigenvalue weighted by Crippen LogP contribution is 2.10. The molecule has 7 heteroatoms. The first kappa shape index (κ1) is 17.7. The zero-order valence-corrected chi connectivity index (χ0v) is 13.3. The number of carbonyl (C=O) groups is 2. The number of pyridine rings is 1. The van der Waals surface area contributed by atoms with Gasteiger partial charge in [0.1, 0.15) is 17.4 Å². The van der Waals surface area contributed by atoms with Gasteiger partial charge in [0, 0.05) is 12.1 Å². The number of esters is 1. The molecule has 0 aliphatic rings. The normalized spacial score (nSPS) is 12.4. The molecular formula is C15H22N2O5. The summed E-state index contributed by atoms with van der Waals surface area (Å²) in [7, 11) is 0. The second kappa shape index (κ2) is 7.63. The number of rotatable bonds is 5. The van der Waals surface area contributed by atoms with E-state index in [0.717, 1.165) is 0 Å². The summed E-state index contributed by atoms with van der Waals surface area (Å²) in [5, 5.41) is 11.7. The minimum atomic E-state index is -0.910. The van der Waals surface area contributed by atoms with Crippen molar-refractivity contribution in [3.63, 3.8) is 0 Å². The molecule has 2 N–H and O–H groups in total. The lowest BCUT2D eigenvalue weighted by molar-refractivity contribution is -0.145. The zero-order chi connectivity index (χ0) is 16.8. The maximum Gasteiger partial charge on any atom is 0.408 e. The smallest absolute Gasteiger partial charge is 0.408 e. The highest BCUT2D eigenvalue weighted by Gasteiger charge is 2.26. The Hall–Kier alpha value is -2.31. The van der Waals surface area contributed by atoms with Gasteiger partial charge in [0.15, 0.2) is 0 Å². The summed E-state index contributed by atoms with van der Waals surface area (Å²) in [6.07, 6.45) is 0.702. The van der Waals surface area contributed by atoms with Gasteiger partial charge in [-0.25, -0.2) is 9.59 Å². The number of nitrogens with zero attached hydrogens (tertiary/aromatic N) is 1. The van der Waals surface area contributed by atoms with Crippen LogP contribution in [-0.4, -0.2) is 40.4 Å². The lowest BCUT2D eigenvalue weighted by Gasteiger charge is -2.22. The Morgan fingerprint density at radius 2 is 2.05 bits per heavy atom. The van der Waals surface area contributed by atoms with Crippen molar-refractivity contribution in [2.24, 2.45) is 0 Å². The molecule has 1 amide bonds. The van der Waals surface area contributed by atoms with Crippen molar-refractivity contribution in [3.8, 4) is 5.75 Å². The van der Waals surface area contributed by atoms with E-state index in [9.17, 15) is 14.7 Å². The summed E-state index contributed by atoms with van der Waals surface area (Å²) in [4.78, 5) is 27.8. The zero-order valence-electron chi connectivity index (χ0n) is 13.3. The number of hydrogen-bond donors (Lipinski definition) is 2. The molecule has 0 aliphatic heterocycles. The van der Waals surface area contributed by atoms with Crippen LogP contribution in [0.3, 0.4) is 0 Å². The minimum Gasteiger partial charge on any atom is -0.506 e. The van der Waals surface area contributed by atoms with Gasteiger partial charge in [-0.05, 0) is 39.8 Å². The lowest BCUT2D eigenvalue weighted by atomic mass is 10.1. The first-order chi connectivity index (χ1) is 10.2. The van der Waals surface area contributed by atoms with Crippen LogP contribution in [-0.2, 0) is 20.7 Å². The Balaban J connectivity index is 2.77. The van der Waals surface area contributed by atoms with Crippen LogP contribution in [0.25, 0.3) is 0 Å². The largest absolute Gasteiger partial charge is 0.506 e. The Morgan fingerprint density at radius 3 is 2.55 bits per heavy atom. The number of ether oxygens (including phenoxy) is 2. The molecule has 0 bridgehead atoms. The molecule has 22 heavy (non-hydrogen) atoms. The molecule has 0 saturated carbocycles. The van der Waals surface area contributed by atoms with Crippen LogP contribution in [0.15, 0.2) is 18.3 Å². The highest BCUT2D eigenvalue weighted by molar-refractivity contribution is 5.81. The molecule has 1 unspecified atom stereocenters. The first-order valence-corrected chi connectivity index (χ1v) is 7.01. The number of aromatic nitrogens is 1. The average Bonchev–Trinajstić information content (AvgIpc) is 2.38. The SMILES string of the molecule is CCOC(=O)C(Cc1ccc(O)cn1)NC(=O)OC(C)(C)C. The molecule has 1 heterocycles. The minimum absolute atomic E-state index is 0.0246. The van der Waals surface area contributed by atoms with E-state index in [1.165, 1.54) is 12.3 Å². The van der Waals surface area contributed by atoms with Gasteiger partial charge in [-0.3, -0.25) is 4.98 Å². The van der Waals surface area contributed by atoms with Crippen molar-refractivity contribution in [2.75, 3.05) is 6.61 Å². The van der Waals surface area contributed by atoms with Crippen LogP contribution in [0.2, 0.25) is 0 Å². The monoisotopic (exact) mass is 310 g/mol. The fraction of sp³-hybridized carbons (Fsp3) is 0.533. The van der Waals surface area contributed by atoms with E-state index in [0.29, 0.717) is 5.69 Å². The third-order valence-corrected chi connectivity index (χ3v) is 2.48. The van der Waals surface area contributed by atoms with Crippen LogP contribution in [0, 0.1) is 0 Å². The van der Waals surface area contributed by atoms with Crippen molar-refractivity contribution >= 4 is 12.1 Å². The molecule has 0 aliphatic carbocycles. The summed E-state index contributed by atoms with van der Waals surface area (Å²) in [6, 6.07) is 2.11. The van der Waals surface area contributed by atoms with Gasteiger partial charge >= 0.3 is 12.1 Å². The topological polar surface area (TPSA) is 97.8 Å². The third kappa shape index (κ3) is 6.43. The molecule has 0 radical (unpaired) electrons. The van der Waals surface area contributed by atoms with E-state index >= 15 is 0 Å². The first-order valence-electron chi connectivity index (χ1n) is 7.01. The van der Waals surface area contributed by atoms with Crippen LogP contribution in [0.1, 0.15) is 33.4 Å². The van der Waals surface area contributed by atoms with Gasteiger partial charge in [-0.15, -0.1) is 0 Å². The van der Waals surface area contributed by atoms with E-state index < -0.39 is 23.7 Å². The second-order valence-electron chi connectivity index (χ2n) is 5.66. The lowest BCUT2D eigenvalue weighted by Crippen LogP contribution is -2.45. The molecule has 1 rings (SSSR count). The van der Waals surface area contributed by atoms with Gasteiger partial charge in [0.25, 0.3) is 0 Å². The molecule has 0 spiro atoms. The van der Waals surface area contributed by atoms with Gasteiger partial charge in [0.05, 0.1) is 12.8 Å². The number of hydrogen-bond acceptors (Lipinski definition) is 6. The summed E-state index contributed by atoms with van der Waals surface area (Å²) in [5.41, 5.74) is -0.132. The van der Waals surface area contributed by atoms with E-state index in [1.807, 2.05) is 0 Å². The molecule has 1 aromatic heterocycles. The van der Waals surface area contributed by atoms with Crippen LogP contribution in [0.4, 0.5) is 4.79 Å². The van der Waals surface area contributed by atoms with Crippen LogP contribution >= 0.6 is 0 Å². The molecule has 0 aromatic carbocycles. The van der Waals surface area contributed by atoms with Crippen molar-refractivity contribution in [1.29, 1.82) is 0 Å². The standard InChI is InChI=1S/C15H22N2O5/c1-5-21-13(19)12(17-14(20)22-15(2,3)4)8-10-6-7-11(18)9-16-10/h6-7,9,12,18H,5,8H2,1-4H3,(H,17,20). The Kier molecular flexibility index (Phi) is 6.15. The number of amides is 1. The van der Waals surface area contributed by atoms with Gasteiger partial charge < -0.3 is 19.9 Å². The van der Waals surface area contributed by atoms with Crippen LogP contribution < -0.4 is 5.32 Å². The summed E-state index contributed by atoms with van der Waals surface area (Å²) in [5.74, 6) is -0.542. The summed E-state index contributed by atoms with van der Waals surface area (Å²) in [6.45, 7) is 7.07. The summed E-state index contributed by atoms with van der Waals surface area (Å²) >= 11 is 0. The van der Waals surface area contributed by atoms with Gasteiger partial charge in [-0.1, -0.05) is 0 Å². The van der Waals surface area contributed by atoms with Gasteiger partial charge in [-0.2, -0.15) is 0 Å². The summed E-state index contributed by atoms with van der Waals surface area (Å²) < 4.78 is 10.1. The van der Waals surface area contributed by atoms with E-state index in [2.05, 4.69) is 10.3 Å². The van der Waals surface area contributed by atoms with Gasteiger partial charge in [0.2, 0.25) is 0 Å². The number of nitrogens with one attached hydrogen (secondary N) is 1. The average molecular weight is 310 g/mol. The fourth-order valence-corrected chi connectivity index (χ4v) is 1.63. The van der Waals surface area contributed by atoms with Crippen molar-refractivity contribution in [1.82, 2.24) is 10.3 Å². The Bertz CT molecular complexity index is 508. The van der Waals surface area contributed by atoms with Crippen molar-refractivity contribution in [3.05, 3.63) is 24.0 Å². The Morgan fingerprint density at radius 1 is 1.36 bits per heavy atom. The predicted molar refractivity (Wildman–Crippen MR) is 79.4 cm³/mol. The number of alkyl carbamates (subject to hydrolysis) is 1. The van der Waals surface area contributed by atoms with E-state index in [-0.39, 0.29) is 18.8 Å². The molecular weight excluding hydrogens is 288 g/mol. The molecule has 122 valence electrons. The van der Waals surface area contributed by atoms with E-state index in [4.69, 9.17) is 9.47 Å². The van der Waals surface area contributed by atoms with E-state index in [1.54, 1.807) is 33.8 Å². The number of aromatic hydroxyl groups is 1. The number of carbonyl (C=O) groups excluding carboxylic acids is 2. The maximum atomic E-state index is 11.9. The van der Waals surface area contributed by atoms with Crippen molar-refractivity contribution < 1.29 is 24.2 Å². The molecule has 0 fully saturated rings. The maximum absolute atomic E-state index is 11.9. The van der Waals surface area contributed by atoms with Crippen LogP contribution in [0.5, 0.6) is 5.75 Å².